The predicted octanol–water partition coefficient (Wildman–Crippen LogP) is 3.17. The second kappa shape index (κ2) is 7.78. The number of rotatable bonds is 10. The number of carbonyl (C=O) groups is 3. The average Bonchev–Trinajstić information content (AvgIpc) is 2.42. The third kappa shape index (κ3) is 4.44. The monoisotopic (exact) mass is 280 g/mol. The van der Waals surface area contributed by atoms with Crippen molar-refractivity contribution in [3.8, 4) is 0 Å². The van der Waals surface area contributed by atoms with Crippen molar-refractivity contribution in [2.24, 2.45) is 11.3 Å². The normalized spacial score (nSPS) is 14.9. The molecular weight excluding hydrogens is 256 g/mol. The van der Waals surface area contributed by atoms with E-state index in [1.165, 1.54) is 6.08 Å². The van der Waals surface area contributed by atoms with E-state index in [-0.39, 0.29) is 23.6 Å². The van der Waals surface area contributed by atoms with Crippen molar-refractivity contribution in [3.05, 3.63) is 24.8 Å². The van der Waals surface area contributed by atoms with Crippen molar-refractivity contribution in [3.63, 3.8) is 0 Å². The summed E-state index contributed by atoms with van der Waals surface area (Å²) in [5.41, 5.74) is -0.981. The van der Waals surface area contributed by atoms with E-state index in [0.29, 0.717) is 12.8 Å². The van der Waals surface area contributed by atoms with Gasteiger partial charge < -0.3 is 5.11 Å². The van der Waals surface area contributed by atoms with Crippen LogP contribution in [0.3, 0.4) is 0 Å². The molecule has 0 aromatic heterocycles. The molecule has 0 aliphatic heterocycles. The quantitative estimate of drug-likeness (QED) is 0.624. The standard InChI is InChI=1S/C16H24O4/c1-6-8-13(17)9-10-16(5,12(4)15(19)20)11(3)14(18)7-2/h7,11H,2,4,6,8-10H2,1,3,5H3,(H,19,20). The first-order chi connectivity index (χ1) is 9.20. The molecule has 0 aliphatic rings. The Morgan fingerprint density at radius 1 is 1.30 bits per heavy atom. The molecule has 0 saturated carbocycles. The average molecular weight is 280 g/mol. The zero-order valence-corrected chi connectivity index (χ0v) is 12.6. The lowest BCUT2D eigenvalue weighted by atomic mass is 9.67. The maximum Gasteiger partial charge on any atom is 0.331 e. The van der Waals surface area contributed by atoms with Crippen LogP contribution in [0.1, 0.15) is 46.5 Å². The number of ketones is 2. The molecule has 20 heavy (non-hydrogen) atoms. The molecule has 0 rings (SSSR count). The lowest BCUT2D eigenvalue weighted by Crippen LogP contribution is -2.35. The molecule has 112 valence electrons. The molecule has 4 nitrogen and oxygen atoms in total. The smallest absolute Gasteiger partial charge is 0.331 e. The number of allylic oxidation sites excluding steroid dienone is 1. The van der Waals surface area contributed by atoms with Crippen molar-refractivity contribution in [1.82, 2.24) is 0 Å². The van der Waals surface area contributed by atoms with E-state index in [2.05, 4.69) is 13.2 Å². The lowest BCUT2D eigenvalue weighted by Gasteiger charge is -2.34. The Kier molecular flexibility index (Phi) is 7.11. The molecule has 0 aromatic rings. The van der Waals surface area contributed by atoms with E-state index in [0.717, 1.165) is 6.42 Å². The fourth-order valence-electron chi connectivity index (χ4n) is 2.17. The van der Waals surface area contributed by atoms with Gasteiger partial charge in [-0.1, -0.05) is 33.9 Å². The Morgan fingerprint density at radius 3 is 2.25 bits per heavy atom. The first kappa shape index (κ1) is 18.3. The molecule has 0 bridgehead atoms. The van der Waals surface area contributed by atoms with Crippen LogP contribution in [0.15, 0.2) is 24.8 Å². The predicted molar refractivity (Wildman–Crippen MR) is 78.4 cm³/mol. The summed E-state index contributed by atoms with van der Waals surface area (Å²) in [5.74, 6) is -1.87. The Hall–Kier alpha value is -1.71. The third-order valence-corrected chi connectivity index (χ3v) is 3.98. The maximum atomic E-state index is 11.8. The Balaban J connectivity index is 5.21. The number of carboxylic acid groups (broad SMARTS) is 1. The van der Waals surface area contributed by atoms with Crippen LogP contribution in [0.2, 0.25) is 0 Å². The number of aliphatic carboxylic acids is 1. The molecule has 0 aliphatic carbocycles. The van der Waals surface area contributed by atoms with Crippen molar-refractivity contribution in [2.75, 3.05) is 0 Å². The molecule has 1 N–H and O–H groups in total. The topological polar surface area (TPSA) is 71.4 Å². The largest absolute Gasteiger partial charge is 0.478 e. The minimum absolute atomic E-state index is 0.0375. The van der Waals surface area contributed by atoms with Crippen molar-refractivity contribution >= 4 is 17.5 Å². The summed E-state index contributed by atoms with van der Waals surface area (Å²) in [7, 11) is 0. The molecule has 0 heterocycles. The summed E-state index contributed by atoms with van der Waals surface area (Å²) in [6.45, 7) is 12.3. The molecule has 2 unspecified atom stereocenters. The minimum atomic E-state index is -1.14. The summed E-state index contributed by atoms with van der Waals surface area (Å²) in [4.78, 5) is 34.7. The second-order valence-electron chi connectivity index (χ2n) is 5.32. The highest BCUT2D eigenvalue weighted by molar-refractivity contribution is 5.95. The van der Waals surface area contributed by atoms with Gasteiger partial charge in [0.1, 0.15) is 5.78 Å². The molecular formula is C16H24O4. The molecule has 0 aromatic carbocycles. The molecule has 0 spiro atoms. The highest BCUT2D eigenvalue weighted by atomic mass is 16.4. The summed E-state index contributed by atoms with van der Waals surface area (Å²) in [6, 6.07) is 0. The molecule has 4 heteroatoms. The molecule has 0 amide bonds. The van der Waals surface area contributed by atoms with Crippen LogP contribution in [0.4, 0.5) is 0 Å². The van der Waals surface area contributed by atoms with E-state index in [9.17, 15) is 14.4 Å². The third-order valence-electron chi connectivity index (χ3n) is 3.98. The fraction of sp³-hybridized carbons (Fsp3) is 0.562. The van der Waals surface area contributed by atoms with Crippen LogP contribution in [-0.2, 0) is 14.4 Å². The van der Waals surface area contributed by atoms with Crippen LogP contribution >= 0.6 is 0 Å². The van der Waals surface area contributed by atoms with Crippen LogP contribution < -0.4 is 0 Å². The summed E-state index contributed by atoms with van der Waals surface area (Å²) < 4.78 is 0. The maximum absolute atomic E-state index is 11.8. The number of hydrogen-bond donors (Lipinski definition) is 1. The number of carbonyl (C=O) groups excluding carboxylic acids is 2. The zero-order chi connectivity index (χ0) is 15.9. The first-order valence-corrected chi connectivity index (χ1v) is 6.81. The van der Waals surface area contributed by atoms with Gasteiger partial charge in [-0.25, -0.2) is 4.79 Å². The van der Waals surface area contributed by atoms with Crippen molar-refractivity contribution in [2.45, 2.75) is 46.5 Å². The molecule has 0 radical (unpaired) electrons. The number of hydrogen-bond acceptors (Lipinski definition) is 3. The van der Waals surface area contributed by atoms with Gasteiger partial charge in [-0.05, 0) is 18.9 Å². The minimum Gasteiger partial charge on any atom is -0.478 e. The number of carboxylic acids is 1. The first-order valence-electron chi connectivity index (χ1n) is 6.81. The highest BCUT2D eigenvalue weighted by Crippen LogP contribution is 2.40. The van der Waals surface area contributed by atoms with E-state index >= 15 is 0 Å². The lowest BCUT2D eigenvalue weighted by molar-refractivity contribution is -0.135. The van der Waals surface area contributed by atoms with Crippen LogP contribution in [0.5, 0.6) is 0 Å². The van der Waals surface area contributed by atoms with Gasteiger partial charge in [0.15, 0.2) is 5.78 Å². The zero-order valence-electron chi connectivity index (χ0n) is 12.6. The van der Waals surface area contributed by atoms with Gasteiger partial charge in [0.25, 0.3) is 0 Å². The van der Waals surface area contributed by atoms with E-state index < -0.39 is 17.3 Å². The van der Waals surface area contributed by atoms with Gasteiger partial charge >= 0.3 is 5.97 Å². The van der Waals surface area contributed by atoms with Crippen LogP contribution in [-0.4, -0.2) is 22.6 Å². The fourth-order valence-corrected chi connectivity index (χ4v) is 2.17. The molecule has 2 atom stereocenters. The summed E-state index contributed by atoms with van der Waals surface area (Å²) in [6.07, 6.45) is 2.98. The molecule has 0 saturated heterocycles. The van der Waals surface area contributed by atoms with E-state index in [1.54, 1.807) is 13.8 Å². The SMILES string of the molecule is C=CC(=O)C(C)C(C)(CCC(=O)CCC)C(=C)C(=O)O. The summed E-state index contributed by atoms with van der Waals surface area (Å²) in [5, 5.41) is 9.17. The van der Waals surface area contributed by atoms with E-state index in [4.69, 9.17) is 5.11 Å². The van der Waals surface area contributed by atoms with Gasteiger partial charge in [-0.15, -0.1) is 0 Å². The van der Waals surface area contributed by atoms with Gasteiger partial charge in [0.05, 0.1) is 0 Å². The van der Waals surface area contributed by atoms with Gasteiger partial charge in [0.2, 0.25) is 0 Å². The van der Waals surface area contributed by atoms with Gasteiger partial charge in [0, 0.05) is 29.7 Å². The van der Waals surface area contributed by atoms with E-state index in [1.807, 2.05) is 6.92 Å². The highest BCUT2D eigenvalue weighted by Gasteiger charge is 2.40. The van der Waals surface area contributed by atoms with Gasteiger partial charge in [-0.2, -0.15) is 0 Å². The Bertz CT molecular complexity index is 422. The van der Waals surface area contributed by atoms with Crippen LogP contribution in [0.25, 0.3) is 0 Å². The van der Waals surface area contributed by atoms with Crippen LogP contribution in [0, 0.1) is 11.3 Å². The molecule has 0 fully saturated rings. The van der Waals surface area contributed by atoms with Gasteiger partial charge in [-0.3, -0.25) is 9.59 Å². The van der Waals surface area contributed by atoms with Crippen molar-refractivity contribution in [1.29, 1.82) is 0 Å². The summed E-state index contributed by atoms with van der Waals surface area (Å²) >= 11 is 0. The van der Waals surface area contributed by atoms with Crippen molar-refractivity contribution < 1.29 is 19.5 Å². The second-order valence-corrected chi connectivity index (χ2v) is 5.32. The number of Topliss-reactive ketones (excluding diaryl/α,β-unsaturated/α-hetero) is 1. The Labute approximate surface area is 120 Å². The Morgan fingerprint density at radius 2 is 1.85 bits per heavy atom.